The van der Waals surface area contributed by atoms with E-state index in [2.05, 4.69) is 25.9 Å². The van der Waals surface area contributed by atoms with E-state index in [0.29, 0.717) is 27.8 Å². The number of hydrogen-bond acceptors (Lipinski definition) is 6. The normalized spacial score (nSPS) is 19.1. The summed E-state index contributed by atoms with van der Waals surface area (Å²) in [5.41, 5.74) is 0.293. The number of amides is 2. The number of carbonyl (C=O) groups excluding carboxylic acids is 2. The summed E-state index contributed by atoms with van der Waals surface area (Å²) in [4.78, 5) is 46.6. The molecule has 1 unspecified atom stereocenters. The summed E-state index contributed by atoms with van der Waals surface area (Å²) >= 11 is 6.18. The van der Waals surface area contributed by atoms with Crippen molar-refractivity contribution in [1.82, 2.24) is 19.9 Å². The Morgan fingerprint density at radius 2 is 1.94 bits per heavy atom. The smallest absolute Gasteiger partial charge is 0.277 e. The first-order valence-electron chi connectivity index (χ1n) is 10.5. The van der Waals surface area contributed by atoms with Crippen molar-refractivity contribution in [3.8, 4) is 0 Å². The Balaban J connectivity index is 1.54. The summed E-state index contributed by atoms with van der Waals surface area (Å²) in [6.45, 7) is 3.52. The standard InChI is InChI=1S/C23H21ClN6O3/c1-12-8-16(27-17-10-18(26-11-25-17)28-20(31)13-6-7-13)22(33)30-19(12)21(32)29-23(30,2)14-4-3-5-15(24)9-14/h3-5,8-11,13H,6-7H2,1-2H3,(H,29,32)(H2,25,26,27,28,31). The number of carbonyl (C=O) groups is 2. The quantitative estimate of drug-likeness (QED) is 0.533. The molecule has 2 aliphatic rings. The summed E-state index contributed by atoms with van der Waals surface area (Å²) in [5.74, 6) is 0.313. The average molecular weight is 465 g/mol. The number of rotatable bonds is 5. The van der Waals surface area contributed by atoms with Crippen LogP contribution in [0.1, 0.15) is 41.4 Å². The van der Waals surface area contributed by atoms with Gasteiger partial charge in [0.25, 0.3) is 11.5 Å². The highest BCUT2D eigenvalue weighted by atomic mass is 35.5. The van der Waals surface area contributed by atoms with Crippen LogP contribution in [0.3, 0.4) is 0 Å². The second-order valence-corrected chi connectivity index (χ2v) is 8.88. The van der Waals surface area contributed by atoms with Crippen LogP contribution in [-0.4, -0.2) is 26.3 Å². The summed E-state index contributed by atoms with van der Waals surface area (Å²) in [6.07, 6.45) is 3.07. The van der Waals surface area contributed by atoms with Gasteiger partial charge in [-0.25, -0.2) is 9.97 Å². The van der Waals surface area contributed by atoms with Crippen molar-refractivity contribution < 1.29 is 9.59 Å². The van der Waals surface area contributed by atoms with Crippen LogP contribution in [0.2, 0.25) is 5.02 Å². The molecule has 33 heavy (non-hydrogen) atoms. The third kappa shape index (κ3) is 3.74. The molecule has 0 spiro atoms. The highest BCUT2D eigenvalue weighted by Crippen LogP contribution is 2.33. The maximum absolute atomic E-state index is 13.6. The highest BCUT2D eigenvalue weighted by molar-refractivity contribution is 6.30. The third-order valence-corrected chi connectivity index (χ3v) is 6.16. The zero-order valence-corrected chi connectivity index (χ0v) is 18.7. The molecule has 2 amide bonds. The van der Waals surface area contributed by atoms with Gasteiger partial charge in [-0.05, 0) is 56.0 Å². The molecule has 3 aromatic rings. The lowest BCUT2D eigenvalue weighted by molar-refractivity contribution is -0.117. The largest absolute Gasteiger partial charge is 0.336 e. The van der Waals surface area contributed by atoms with E-state index in [-0.39, 0.29) is 29.1 Å². The molecule has 0 saturated heterocycles. The Hall–Kier alpha value is -3.72. The number of pyridine rings is 1. The molecule has 1 aromatic carbocycles. The van der Waals surface area contributed by atoms with Crippen molar-refractivity contribution in [2.24, 2.45) is 5.92 Å². The zero-order chi connectivity index (χ0) is 23.3. The Labute approximate surface area is 194 Å². The minimum Gasteiger partial charge on any atom is -0.336 e. The van der Waals surface area contributed by atoms with E-state index in [9.17, 15) is 14.4 Å². The second kappa shape index (κ2) is 7.70. The first kappa shape index (κ1) is 21.1. The van der Waals surface area contributed by atoms with Crippen LogP contribution in [-0.2, 0) is 10.5 Å². The van der Waals surface area contributed by atoms with Crippen LogP contribution in [0.25, 0.3) is 0 Å². The fourth-order valence-corrected chi connectivity index (χ4v) is 4.27. The van der Waals surface area contributed by atoms with Crippen LogP contribution in [0.5, 0.6) is 0 Å². The van der Waals surface area contributed by atoms with Gasteiger partial charge in [0.15, 0.2) is 0 Å². The number of halogens is 1. The van der Waals surface area contributed by atoms with E-state index in [1.807, 2.05) is 6.07 Å². The van der Waals surface area contributed by atoms with Gasteiger partial charge in [-0.1, -0.05) is 23.7 Å². The van der Waals surface area contributed by atoms with Gasteiger partial charge in [-0.15, -0.1) is 0 Å². The van der Waals surface area contributed by atoms with Crippen molar-refractivity contribution in [2.75, 3.05) is 10.6 Å². The van der Waals surface area contributed by atoms with Gasteiger partial charge in [-0.2, -0.15) is 0 Å². The zero-order valence-electron chi connectivity index (χ0n) is 18.0. The van der Waals surface area contributed by atoms with E-state index in [1.165, 1.54) is 10.9 Å². The van der Waals surface area contributed by atoms with Gasteiger partial charge in [0.2, 0.25) is 5.91 Å². The third-order valence-electron chi connectivity index (χ3n) is 5.93. The number of aryl methyl sites for hydroxylation is 1. The number of benzene rings is 1. The molecule has 168 valence electrons. The van der Waals surface area contributed by atoms with Gasteiger partial charge in [0.05, 0.1) is 0 Å². The van der Waals surface area contributed by atoms with E-state index in [1.54, 1.807) is 44.2 Å². The molecule has 1 fully saturated rings. The summed E-state index contributed by atoms with van der Waals surface area (Å²) in [6, 6.07) is 10.2. The molecule has 5 rings (SSSR count). The number of hydrogen-bond donors (Lipinski definition) is 3. The van der Waals surface area contributed by atoms with Gasteiger partial charge in [0, 0.05) is 17.0 Å². The number of nitrogens with one attached hydrogen (secondary N) is 3. The summed E-state index contributed by atoms with van der Waals surface area (Å²) < 4.78 is 1.44. The first-order chi connectivity index (χ1) is 15.8. The van der Waals surface area contributed by atoms with Crippen LogP contribution in [0.4, 0.5) is 17.3 Å². The van der Waals surface area contributed by atoms with Gasteiger partial charge in [0.1, 0.15) is 35.0 Å². The maximum atomic E-state index is 13.6. The topological polar surface area (TPSA) is 118 Å². The molecule has 2 aromatic heterocycles. The minimum atomic E-state index is -1.12. The van der Waals surface area contributed by atoms with Crippen LogP contribution in [0, 0.1) is 12.8 Å². The first-order valence-corrected chi connectivity index (χ1v) is 10.9. The lowest BCUT2D eigenvalue weighted by Gasteiger charge is -2.28. The van der Waals surface area contributed by atoms with Crippen molar-refractivity contribution in [3.05, 3.63) is 74.9 Å². The Morgan fingerprint density at radius 1 is 1.18 bits per heavy atom. The van der Waals surface area contributed by atoms with E-state index < -0.39 is 11.2 Å². The van der Waals surface area contributed by atoms with E-state index in [0.717, 1.165) is 12.8 Å². The maximum Gasteiger partial charge on any atom is 0.277 e. The highest BCUT2D eigenvalue weighted by Gasteiger charge is 2.42. The fourth-order valence-electron chi connectivity index (χ4n) is 4.08. The molecular weight excluding hydrogens is 444 g/mol. The minimum absolute atomic E-state index is 0.0367. The van der Waals surface area contributed by atoms with E-state index in [4.69, 9.17) is 11.6 Å². The Bertz CT molecular complexity index is 1370. The molecule has 0 radical (unpaired) electrons. The average Bonchev–Trinajstić information content (AvgIpc) is 3.57. The predicted molar refractivity (Wildman–Crippen MR) is 124 cm³/mol. The number of nitrogens with zero attached hydrogens (tertiary/aromatic N) is 3. The molecule has 10 heteroatoms. The van der Waals surface area contributed by atoms with E-state index >= 15 is 0 Å². The van der Waals surface area contributed by atoms with Crippen molar-refractivity contribution in [1.29, 1.82) is 0 Å². The van der Waals surface area contributed by atoms with Crippen molar-refractivity contribution >= 4 is 40.7 Å². The molecule has 1 aliphatic heterocycles. The summed E-state index contributed by atoms with van der Waals surface area (Å²) in [7, 11) is 0. The Morgan fingerprint density at radius 3 is 2.67 bits per heavy atom. The number of fused-ring (bicyclic) bond motifs is 1. The van der Waals surface area contributed by atoms with Gasteiger partial charge in [-0.3, -0.25) is 19.0 Å². The van der Waals surface area contributed by atoms with Crippen LogP contribution in [0.15, 0.2) is 47.5 Å². The second-order valence-electron chi connectivity index (χ2n) is 8.44. The number of aromatic nitrogens is 3. The molecule has 1 atom stereocenters. The molecule has 3 heterocycles. The van der Waals surface area contributed by atoms with Crippen molar-refractivity contribution in [2.45, 2.75) is 32.4 Å². The summed E-state index contributed by atoms with van der Waals surface area (Å²) in [5, 5.41) is 9.20. The van der Waals surface area contributed by atoms with Crippen LogP contribution < -0.4 is 21.5 Å². The van der Waals surface area contributed by atoms with Crippen LogP contribution >= 0.6 is 11.6 Å². The van der Waals surface area contributed by atoms with Crippen molar-refractivity contribution in [3.63, 3.8) is 0 Å². The molecule has 9 nitrogen and oxygen atoms in total. The lowest BCUT2D eigenvalue weighted by Crippen LogP contribution is -2.46. The lowest BCUT2D eigenvalue weighted by atomic mass is 10.0. The molecule has 0 bridgehead atoms. The Kier molecular flexibility index (Phi) is 4.93. The SMILES string of the molecule is Cc1cc(Nc2cc(NC(=O)C3CC3)ncn2)c(=O)n2c1C(=O)NC2(C)c1cccc(Cl)c1. The molecule has 3 N–H and O–H groups in total. The molecular formula is C23H21ClN6O3. The predicted octanol–water partition coefficient (Wildman–Crippen LogP) is 3.16. The fraction of sp³-hybridized carbons (Fsp3) is 0.261. The number of anilines is 3. The van der Waals surface area contributed by atoms with Gasteiger partial charge < -0.3 is 16.0 Å². The molecule has 1 aliphatic carbocycles. The van der Waals surface area contributed by atoms with Gasteiger partial charge >= 0.3 is 0 Å². The monoisotopic (exact) mass is 464 g/mol. The molecule has 1 saturated carbocycles.